The first kappa shape index (κ1) is 13.9. The summed E-state index contributed by atoms with van der Waals surface area (Å²) in [6, 6.07) is 0. The van der Waals surface area contributed by atoms with Gasteiger partial charge in [0.2, 0.25) is 0 Å². The van der Waals surface area contributed by atoms with Crippen LogP contribution in [0.1, 0.15) is 13.8 Å². The van der Waals surface area contributed by atoms with Crippen molar-refractivity contribution < 1.29 is 4.79 Å². The molecule has 6 heteroatoms. The Bertz CT molecular complexity index is 396. The SMILES string of the molecule is CCN(CC)CC1=CN=C2C(=O)NCN=C12.Cl. The van der Waals surface area contributed by atoms with Gasteiger partial charge in [0, 0.05) is 18.3 Å². The molecule has 94 valence electrons. The largest absolute Gasteiger partial charge is 0.331 e. The number of nitrogens with one attached hydrogen (secondary N) is 1. The van der Waals surface area contributed by atoms with E-state index in [1.165, 1.54) is 0 Å². The standard InChI is InChI=1S/C11H16N4O.ClH/c1-3-15(4-2)6-8-5-12-10-9(8)13-7-14-11(10)16;/h5H,3-4,6-7H2,1-2H3,(H,14,16);1H. The fourth-order valence-electron chi connectivity index (χ4n) is 1.84. The lowest BCUT2D eigenvalue weighted by atomic mass is 10.1. The highest BCUT2D eigenvalue weighted by atomic mass is 35.5. The summed E-state index contributed by atoms with van der Waals surface area (Å²) in [4.78, 5) is 22.2. The van der Waals surface area contributed by atoms with E-state index in [-0.39, 0.29) is 18.3 Å². The van der Waals surface area contributed by atoms with Crippen LogP contribution in [0, 0.1) is 0 Å². The molecular weight excluding hydrogens is 240 g/mol. The Morgan fingerprint density at radius 2 is 2.06 bits per heavy atom. The minimum atomic E-state index is -0.115. The molecule has 0 aromatic carbocycles. The van der Waals surface area contributed by atoms with E-state index in [4.69, 9.17) is 0 Å². The van der Waals surface area contributed by atoms with Crippen LogP contribution in [0.15, 0.2) is 21.8 Å². The minimum absolute atomic E-state index is 0. The van der Waals surface area contributed by atoms with Crippen LogP contribution in [0.25, 0.3) is 0 Å². The molecule has 0 saturated heterocycles. The maximum Gasteiger partial charge on any atom is 0.273 e. The van der Waals surface area contributed by atoms with E-state index in [1.54, 1.807) is 6.20 Å². The van der Waals surface area contributed by atoms with Gasteiger partial charge in [-0.25, -0.2) is 4.99 Å². The molecular formula is C11H17ClN4O. The third-order valence-corrected chi connectivity index (χ3v) is 2.86. The summed E-state index contributed by atoms with van der Waals surface area (Å²) in [7, 11) is 0. The third-order valence-electron chi connectivity index (χ3n) is 2.86. The predicted molar refractivity (Wildman–Crippen MR) is 71.0 cm³/mol. The molecule has 0 aromatic rings. The summed E-state index contributed by atoms with van der Waals surface area (Å²) in [6.07, 6.45) is 1.76. The van der Waals surface area contributed by atoms with Gasteiger partial charge in [-0.05, 0) is 13.1 Å². The minimum Gasteiger partial charge on any atom is -0.331 e. The molecule has 1 N–H and O–H groups in total. The summed E-state index contributed by atoms with van der Waals surface area (Å²) < 4.78 is 0. The third kappa shape index (κ3) is 2.73. The molecule has 0 fully saturated rings. The topological polar surface area (TPSA) is 57.1 Å². The molecule has 0 radical (unpaired) electrons. The molecule has 0 spiro atoms. The van der Waals surface area contributed by atoms with Crippen molar-refractivity contribution in [2.45, 2.75) is 13.8 Å². The van der Waals surface area contributed by atoms with Crippen LogP contribution < -0.4 is 5.32 Å². The molecule has 0 aliphatic carbocycles. The second-order valence-electron chi connectivity index (χ2n) is 3.76. The Kier molecular flexibility index (Phi) is 4.84. The van der Waals surface area contributed by atoms with Gasteiger partial charge in [0.25, 0.3) is 5.91 Å². The highest BCUT2D eigenvalue weighted by Gasteiger charge is 2.28. The predicted octanol–water partition coefficient (Wildman–Crippen LogP) is 0.617. The van der Waals surface area contributed by atoms with Gasteiger partial charge in [-0.2, -0.15) is 0 Å². The van der Waals surface area contributed by atoms with E-state index < -0.39 is 0 Å². The van der Waals surface area contributed by atoms with E-state index in [0.717, 1.165) is 30.9 Å². The molecule has 5 nitrogen and oxygen atoms in total. The van der Waals surface area contributed by atoms with Gasteiger partial charge in [-0.3, -0.25) is 14.7 Å². The zero-order valence-electron chi connectivity index (χ0n) is 10.1. The summed E-state index contributed by atoms with van der Waals surface area (Å²) in [5, 5.41) is 2.65. The van der Waals surface area contributed by atoms with Gasteiger partial charge < -0.3 is 5.32 Å². The Labute approximate surface area is 107 Å². The van der Waals surface area contributed by atoms with Crippen molar-refractivity contribution in [2.75, 3.05) is 26.3 Å². The van der Waals surface area contributed by atoms with Crippen molar-refractivity contribution in [3.63, 3.8) is 0 Å². The smallest absolute Gasteiger partial charge is 0.273 e. The fraction of sp³-hybridized carbons (Fsp3) is 0.545. The highest BCUT2D eigenvalue weighted by Crippen LogP contribution is 2.13. The normalized spacial score (nSPS) is 17.8. The van der Waals surface area contributed by atoms with Crippen molar-refractivity contribution in [2.24, 2.45) is 9.98 Å². The lowest BCUT2D eigenvalue weighted by molar-refractivity contribution is -0.114. The van der Waals surface area contributed by atoms with E-state index in [1.807, 2.05) is 0 Å². The van der Waals surface area contributed by atoms with Crippen molar-refractivity contribution in [3.05, 3.63) is 11.8 Å². The van der Waals surface area contributed by atoms with Crippen LogP contribution >= 0.6 is 12.4 Å². The quantitative estimate of drug-likeness (QED) is 0.802. The van der Waals surface area contributed by atoms with Crippen LogP contribution in [0.5, 0.6) is 0 Å². The molecule has 2 rings (SSSR count). The van der Waals surface area contributed by atoms with Crippen LogP contribution in [0.3, 0.4) is 0 Å². The second kappa shape index (κ2) is 5.93. The summed E-state index contributed by atoms with van der Waals surface area (Å²) in [5.74, 6) is -0.115. The first-order valence-electron chi connectivity index (χ1n) is 5.58. The summed E-state index contributed by atoms with van der Waals surface area (Å²) in [5.41, 5.74) is 2.29. The van der Waals surface area contributed by atoms with Crippen LogP contribution in [-0.4, -0.2) is 48.5 Å². The molecule has 17 heavy (non-hydrogen) atoms. The first-order chi connectivity index (χ1) is 7.76. The van der Waals surface area contributed by atoms with Crippen LogP contribution in [0.4, 0.5) is 0 Å². The Hall–Kier alpha value is -1.20. The van der Waals surface area contributed by atoms with Gasteiger partial charge in [-0.15, -0.1) is 12.4 Å². The van der Waals surface area contributed by atoms with Gasteiger partial charge in [0.15, 0.2) is 5.71 Å². The van der Waals surface area contributed by atoms with Crippen molar-refractivity contribution in [3.8, 4) is 0 Å². The van der Waals surface area contributed by atoms with Gasteiger partial charge in [-0.1, -0.05) is 13.8 Å². The van der Waals surface area contributed by atoms with E-state index >= 15 is 0 Å². The molecule has 0 bridgehead atoms. The van der Waals surface area contributed by atoms with Crippen molar-refractivity contribution >= 4 is 29.7 Å². The first-order valence-corrected chi connectivity index (χ1v) is 5.58. The number of hydrogen-bond acceptors (Lipinski definition) is 4. The zero-order chi connectivity index (χ0) is 11.5. The molecule has 0 atom stereocenters. The fourth-order valence-corrected chi connectivity index (χ4v) is 1.84. The molecule has 2 aliphatic rings. The van der Waals surface area contributed by atoms with E-state index in [0.29, 0.717) is 12.4 Å². The highest BCUT2D eigenvalue weighted by molar-refractivity contribution is 6.71. The summed E-state index contributed by atoms with van der Waals surface area (Å²) in [6.45, 7) is 7.40. The molecule has 1 amide bonds. The van der Waals surface area contributed by atoms with Crippen LogP contribution in [0.2, 0.25) is 0 Å². The number of rotatable bonds is 4. The van der Waals surface area contributed by atoms with E-state index in [2.05, 4.69) is 34.0 Å². The molecule has 2 heterocycles. The maximum absolute atomic E-state index is 11.5. The number of halogens is 1. The number of amides is 1. The molecule has 0 aromatic heterocycles. The number of carbonyl (C=O) groups excluding carboxylic acids is 1. The van der Waals surface area contributed by atoms with Gasteiger partial charge in [0.1, 0.15) is 6.67 Å². The Morgan fingerprint density at radius 1 is 1.35 bits per heavy atom. The number of nitrogens with zero attached hydrogens (tertiary/aromatic N) is 3. The second-order valence-corrected chi connectivity index (χ2v) is 3.76. The lowest BCUT2D eigenvalue weighted by Crippen LogP contribution is -2.41. The summed E-state index contributed by atoms with van der Waals surface area (Å²) >= 11 is 0. The number of carbonyl (C=O) groups is 1. The molecule has 0 saturated carbocycles. The Morgan fingerprint density at radius 3 is 2.71 bits per heavy atom. The number of fused-ring (bicyclic) bond motifs is 1. The van der Waals surface area contributed by atoms with Crippen molar-refractivity contribution in [1.82, 2.24) is 10.2 Å². The average Bonchev–Trinajstić information content (AvgIpc) is 2.71. The van der Waals surface area contributed by atoms with E-state index in [9.17, 15) is 4.79 Å². The maximum atomic E-state index is 11.5. The average molecular weight is 257 g/mol. The van der Waals surface area contributed by atoms with Crippen molar-refractivity contribution in [1.29, 1.82) is 0 Å². The number of hydrogen-bond donors (Lipinski definition) is 1. The Balaban J connectivity index is 0.00000144. The number of likely N-dealkylation sites (N-methyl/N-ethyl adjacent to an activating group) is 1. The molecule has 2 aliphatic heterocycles. The van der Waals surface area contributed by atoms with Gasteiger partial charge >= 0.3 is 0 Å². The monoisotopic (exact) mass is 256 g/mol. The van der Waals surface area contributed by atoms with Crippen LogP contribution in [-0.2, 0) is 4.79 Å². The number of aliphatic imine (C=N–C) groups is 2. The molecule has 0 unspecified atom stereocenters. The lowest BCUT2D eigenvalue weighted by Gasteiger charge is -2.20. The van der Waals surface area contributed by atoms with Gasteiger partial charge in [0.05, 0.1) is 5.71 Å². The zero-order valence-corrected chi connectivity index (χ0v) is 10.9.